The summed E-state index contributed by atoms with van der Waals surface area (Å²) in [5.74, 6) is 0. The second kappa shape index (κ2) is 6.25. The molecule has 0 radical (unpaired) electrons. The molecule has 128 valence electrons. The third kappa shape index (κ3) is 2.42. The van der Waals surface area contributed by atoms with Crippen molar-refractivity contribution in [2.24, 2.45) is 0 Å². The standard InChI is InChI=1S/C25H23N/c1-2-17-11-13-19(14-12-17)25-22-10-6-5-9-21(22)24-20-8-4-3-7-18(20)15-16-23(24)26-25/h3-4,7-8,11-16H,2,5-6,9-10H2,1H3. The van der Waals surface area contributed by atoms with Gasteiger partial charge in [0.1, 0.15) is 0 Å². The maximum Gasteiger partial charge on any atom is 0.0744 e. The molecular formula is C25H23N. The zero-order chi connectivity index (χ0) is 17.5. The molecule has 0 unspecified atom stereocenters. The Kier molecular flexibility index (Phi) is 3.74. The fourth-order valence-corrected chi connectivity index (χ4v) is 4.44. The van der Waals surface area contributed by atoms with Gasteiger partial charge in [-0.1, -0.05) is 61.5 Å². The van der Waals surface area contributed by atoms with E-state index in [1.165, 1.54) is 63.4 Å². The van der Waals surface area contributed by atoms with Crippen LogP contribution in [-0.4, -0.2) is 4.98 Å². The SMILES string of the molecule is CCc1ccc(-c2nc3ccc4ccccc4c3c3c2CCCC3)cc1. The first-order valence-electron chi connectivity index (χ1n) is 9.77. The molecule has 0 aliphatic heterocycles. The number of pyridine rings is 1. The van der Waals surface area contributed by atoms with Gasteiger partial charge in [0.15, 0.2) is 0 Å². The molecule has 0 saturated heterocycles. The van der Waals surface area contributed by atoms with Crippen LogP contribution in [0.5, 0.6) is 0 Å². The Morgan fingerprint density at radius 3 is 2.38 bits per heavy atom. The average molecular weight is 337 g/mol. The van der Waals surface area contributed by atoms with Crippen LogP contribution < -0.4 is 0 Å². The molecule has 1 heteroatoms. The number of fused-ring (bicyclic) bond motifs is 5. The summed E-state index contributed by atoms with van der Waals surface area (Å²) in [6.45, 7) is 2.20. The molecule has 26 heavy (non-hydrogen) atoms. The Bertz CT molecular complexity index is 1110. The highest BCUT2D eigenvalue weighted by molar-refractivity contribution is 6.09. The summed E-state index contributed by atoms with van der Waals surface area (Å²) in [6.07, 6.45) is 5.94. The Balaban J connectivity index is 1.83. The van der Waals surface area contributed by atoms with E-state index in [0.717, 1.165) is 18.4 Å². The fourth-order valence-electron chi connectivity index (χ4n) is 4.44. The molecule has 0 bridgehead atoms. The maximum absolute atomic E-state index is 5.16. The van der Waals surface area contributed by atoms with E-state index < -0.39 is 0 Å². The maximum atomic E-state index is 5.16. The molecule has 0 saturated carbocycles. The average Bonchev–Trinajstić information content (AvgIpc) is 2.73. The monoisotopic (exact) mass is 337 g/mol. The number of aryl methyl sites for hydroxylation is 2. The molecule has 0 fully saturated rings. The second-order valence-corrected chi connectivity index (χ2v) is 7.36. The van der Waals surface area contributed by atoms with Crippen molar-refractivity contribution in [3.8, 4) is 11.3 Å². The Morgan fingerprint density at radius 1 is 0.808 bits per heavy atom. The van der Waals surface area contributed by atoms with Crippen molar-refractivity contribution < 1.29 is 0 Å². The van der Waals surface area contributed by atoms with Crippen molar-refractivity contribution in [3.63, 3.8) is 0 Å². The fraction of sp³-hybridized carbons (Fsp3) is 0.240. The zero-order valence-corrected chi connectivity index (χ0v) is 15.3. The van der Waals surface area contributed by atoms with Gasteiger partial charge in [-0.25, -0.2) is 4.98 Å². The van der Waals surface area contributed by atoms with Gasteiger partial charge in [0, 0.05) is 10.9 Å². The molecule has 1 aromatic heterocycles. The van der Waals surface area contributed by atoms with Gasteiger partial charge in [-0.3, -0.25) is 0 Å². The van der Waals surface area contributed by atoms with E-state index in [9.17, 15) is 0 Å². The zero-order valence-electron chi connectivity index (χ0n) is 15.3. The lowest BCUT2D eigenvalue weighted by Crippen LogP contribution is -2.08. The minimum absolute atomic E-state index is 1.08. The van der Waals surface area contributed by atoms with Crippen LogP contribution in [0, 0.1) is 0 Å². The van der Waals surface area contributed by atoms with Crippen LogP contribution in [0.15, 0.2) is 60.7 Å². The number of hydrogen-bond acceptors (Lipinski definition) is 1. The van der Waals surface area contributed by atoms with Gasteiger partial charge >= 0.3 is 0 Å². The predicted molar refractivity (Wildman–Crippen MR) is 111 cm³/mol. The molecule has 0 spiro atoms. The lowest BCUT2D eigenvalue weighted by molar-refractivity contribution is 0.689. The summed E-state index contributed by atoms with van der Waals surface area (Å²) in [4.78, 5) is 5.16. The van der Waals surface area contributed by atoms with Crippen LogP contribution in [0.4, 0.5) is 0 Å². The predicted octanol–water partition coefficient (Wildman–Crippen LogP) is 6.50. The minimum Gasteiger partial charge on any atom is -0.247 e. The van der Waals surface area contributed by atoms with E-state index in [1.807, 2.05) is 0 Å². The molecular weight excluding hydrogens is 314 g/mol. The summed E-state index contributed by atoms with van der Waals surface area (Å²) >= 11 is 0. The Morgan fingerprint density at radius 2 is 1.58 bits per heavy atom. The summed E-state index contributed by atoms with van der Waals surface area (Å²) in [6, 6.07) is 22.2. The van der Waals surface area contributed by atoms with Crippen molar-refractivity contribution in [1.82, 2.24) is 4.98 Å². The van der Waals surface area contributed by atoms with Crippen LogP contribution in [0.3, 0.4) is 0 Å². The van der Waals surface area contributed by atoms with Gasteiger partial charge in [-0.05, 0) is 65.6 Å². The van der Waals surface area contributed by atoms with Gasteiger partial charge in [-0.2, -0.15) is 0 Å². The van der Waals surface area contributed by atoms with Crippen LogP contribution >= 0.6 is 0 Å². The van der Waals surface area contributed by atoms with Gasteiger partial charge < -0.3 is 0 Å². The van der Waals surface area contributed by atoms with Crippen molar-refractivity contribution in [3.05, 3.63) is 77.4 Å². The van der Waals surface area contributed by atoms with E-state index >= 15 is 0 Å². The molecule has 0 amide bonds. The van der Waals surface area contributed by atoms with Gasteiger partial charge in [0.2, 0.25) is 0 Å². The number of aromatic nitrogens is 1. The van der Waals surface area contributed by atoms with Crippen LogP contribution in [-0.2, 0) is 19.3 Å². The Labute approximate surface area is 154 Å². The molecule has 5 rings (SSSR count). The normalized spacial score (nSPS) is 13.9. The minimum atomic E-state index is 1.08. The van der Waals surface area contributed by atoms with Gasteiger partial charge in [-0.15, -0.1) is 0 Å². The molecule has 1 heterocycles. The molecule has 4 aromatic rings. The topological polar surface area (TPSA) is 12.9 Å². The summed E-state index contributed by atoms with van der Waals surface area (Å²) in [5.41, 5.74) is 7.99. The van der Waals surface area contributed by atoms with Gasteiger partial charge in [0.25, 0.3) is 0 Å². The van der Waals surface area contributed by atoms with E-state index in [0.29, 0.717) is 0 Å². The quantitative estimate of drug-likeness (QED) is 0.381. The lowest BCUT2D eigenvalue weighted by Gasteiger charge is -2.22. The van der Waals surface area contributed by atoms with Gasteiger partial charge in [0.05, 0.1) is 11.2 Å². The first-order chi connectivity index (χ1) is 12.8. The molecule has 0 atom stereocenters. The third-order valence-corrected chi connectivity index (χ3v) is 5.83. The van der Waals surface area contributed by atoms with E-state index in [-0.39, 0.29) is 0 Å². The highest BCUT2D eigenvalue weighted by atomic mass is 14.7. The molecule has 1 aliphatic carbocycles. The number of benzene rings is 3. The Hall–Kier alpha value is -2.67. The molecule has 0 N–H and O–H groups in total. The first kappa shape index (κ1) is 15.6. The van der Waals surface area contributed by atoms with E-state index in [4.69, 9.17) is 4.98 Å². The summed E-state index contributed by atoms with van der Waals surface area (Å²) < 4.78 is 0. The summed E-state index contributed by atoms with van der Waals surface area (Å²) in [7, 11) is 0. The number of rotatable bonds is 2. The van der Waals surface area contributed by atoms with Crippen molar-refractivity contribution in [1.29, 1.82) is 0 Å². The van der Waals surface area contributed by atoms with Crippen molar-refractivity contribution >= 4 is 21.7 Å². The van der Waals surface area contributed by atoms with Crippen LogP contribution in [0.2, 0.25) is 0 Å². The first-order valence-corrected chi connectivity index (χ1v) is 9.77. The van der Waals surface area contributed by atoms with Crippen LogP contribution in [0.1, 0.15) is 36.5 Å². The molecule has 1 nitrogen and oxygen atoms in total. The number of nitrogens with zero attached hydrogens (tertiary/aromatic N) is 1. The van der Waals surface area contributed by atoms with Crippen molar-refractivity contribution in [2.45, 2.75) is 39.0 Å². The highest BCUT2D eigenvalue weighted by Crippen LogP contribution is 2.38. The number of hydrogen-bond donors (Lipinski definition) is 0. The smallest absolute Gasteiger partial charge is 0.0744 e. The van der Waals surface area contributed by atoms with E-state index in [1.54, 1.807) is 0 Å². The second-order valence-electron chi connectivity index (χ2n) is 7.36. The largest absolute Gasteiger partial charge is 0.247 e. The van der Waals surface area contributed by atoms with E-state index in [2.05, 4.69) is 67.6 Å². The molecule has 1 aliphatic rings. The third-order valence-electron chi connectivity index (χ3n) is 5.83. The van der Waals surface area contributed by atoms with Crippen LogP contribution in [0.25, 0.3) is 32.9 Å². The van der Waals surface area contributed by atoms with Crippen molar-refractivity contribution in [2.75, 3.05) is 0 Å². The summed E-state index contributed by atoms with van der Waals surface area (Å²) in [5, 5.41) is 4.05. The molecule has 3 aromatic carbocycles. The highest BCUT2D eigenvalue weighted by Gasteiger charge is 2.20. The lowest BCUT2D eigenvalue weighted by atomic mass is 9.85.